The fourth-order valence-electron chi connectivity index (χ4n) is 3.32. The SMILES string of the molecule is CC(C)Oc1ccc(N(C(=O)OC(C)(C)C)c2cnc(N(C)C)nc2Cc2ccc(Cl)cc2)cc1. The second kappa shape index (κ2) is 11.0. The van der Waals surface area contributed by atoms with Gasteiger partial charge >= 0.3 is 6.09 Å². The summed E-state index contributed by atoms with van der Waals surface area (Å²) < 4.78 is 11.5. The number of carbonyl (C=O) groups excluding carboxylic acids is 1. The highest BCUT2D eigenvalue weighted by Crippen LogP contribution is 2.33. The molecule has 0 aliphatic heterocycles. The lowest BCUT2D eigenvalue weighted by atomic mass is 10.1. The Morgan fingerprint density at radius 1 is 1.03 bits per heavy atom. The van der Waals surface area contributed by atoms with Gasteiger partial charge in [0.25, 0.3) is 0 Å². The summed E-state index contributed by atoms with van der Waals surface area (Å²) in [4.78, 5) is 26.1. The van der Waals surface area contributed by atoms with E-state index in [9.17, 15) is 4.79 Å². The molecule has 0 radical (unpaired) electrons. The summed E-state index contributed by atoms with van der Waals surface area (Å²) in [6, 6.07) is 14.9. The number of aromatic nitrogens is 2. The molecular formula is C27H33ClN4O3. The molecule has 1 aromatic heterocycles. The molecule has 3 rings (SSSR count). The molecule has 0 bridgehead atoms. The molecule has 0 saturated carbocycles. The average Bonchev–Trinajstić information content (AvgIpc) is 2.76. The first-order valence-electron chi connectivity index (χ1n) is 11.5. The van der Waals surface area contributed by atoms with Crippen LogP contribution in [0.15, 0.2) is 54.7 Å². The fourth-order valence-corrected chi connectivity index (χ4v) is 3.45. The van der Waals surface area contributed by atoms with E-state index in [1.807, 2.05) is 102 Å². The van der Waals surface area contributed by atoms with Crippen LogP contribution in [0.5, 0.6) is 5.75 Å². The standard InChI is InChI=1S/C27H33ClN4O3/c1-18(2)34-22-14-12-21(13-15-22)32(26(33)35-27(3,4)5)24-17-29-25(31(6)7)30-23(24)16-19-8-10-20(28)11-9-19/h8-15,17-18H,16H2,1-7H3. The molecule has 0 aliphatic carbocycles. The molecule has 0 spiro atoms. The monoisotopic (exact) mass is 496 g/mol. The Hall–Kier alpha value is -3.32. The molecule has 0 atom stereocenters. The Kier molecular flexibility index (Phi) is 8.22. The average molecular weight is 497 g/mol. The van der Waals surface area contributed by atoms with Crippen molar-refractivity contribution in [1.82, 2.24) is 9.97 Å². The largest absolute Gasteiger partial charge is 0.491 e. The molecule has 0 fully saturated rings. The normalized spacial score (nSPS) is 11.3. The summed E-state index contributed by atoms with van der Waals surface area (Å²) in [6.45, 7) is 9.44. The Balaban J connectivity index is 2.11. The first kappa shape index (κ1) is 26.3. The molecular weight excluding hydrogens is 464 g/mol. The lowest BCUT2D eigenvalue weighted by molar-refractivity contribution is 0.0598. The number of carbonyl (C=O) groups is 1. The van der Waals surface area contributed by atoms with Gasteiger partial charge in [-0.3, -0.25) is 0 Å². The maximum Gasteiger partial charge on any atom is 0.419 e. The number of nitrogens with zero attached hydrogens (tertiary/aromatic N) is 4. The molecule has 0 N–H and O–H groups in total. The highest BCUT2D eigenvalue weighted by atomic mass is 35.5. The number of amides is 1. The third-order valence-electron chi connectivity index (χ3n) is 4.80. The van der Waals surface area contributed by atoms with Gasteiger partial charge in [-0.15, -0.1) is 0 Å². The summed E-state index contributed by atoms with van der Waals surface area (Å²) in [5.41, 5.74) is 2.16. The van der Waals surface area contributed by atoms with E-state index in [0.29, 0.717) is 40.2 Å². The van der Waals surface area contributed by atoms with Crippen LogP contribution in [-0.4, -0.2) is 41.9 Å². The topological polar surface area (TPSA) is 67.8 Å². The van der Waals surface area contributed by atoms with Crippen molar-refractivity contribution >= 4 is 35.0 Å². The maximum absolute atomic E-state index is 13.5. The van der Waals surface area contributed by atoms with Gasteiger partial charge in [0, 0.05) is 25.5 Å². The maximum atomic E-state index is 13.5. The van der Waals surface area contributed by atoms with E-state index < -0.39 is 11.7 Å². The van der Waals surface area contributed by atoms with E-state index in [2.05, 4.69) is 4.98 Å². The minimum absolute atomic E-state index is 0.0424. The Morgan fingerprint density at radius 3 is 2.20 bits per heavy atom. The molecule has 0 saturated heterocycles. The first-order valence-corrected chi connectivity index (χ1v) is 11.9. The van der Waals surface area contributed by atoms with Gasteiger partial charge < -0.3 is 14.4 Å². The quantitative estimate of drug-likeness (QED) is 0.365. The van der Waals surface area contributed by atoms with E-state index in [1.54, 1.807) is 6.20 Å². The van der Waals surface area contributed by atoms with Crippen LogP contribution in [0.2, 0.25) is 5.02 Å². The molecule has 3 aromatic rings. The number of hydrogen-bond donors (Lipinski definition) is 0. The third-order valence-corrected chi connectivity index (χ3v) is 5.05. The molecule has 8 heteroatoms. The van der Waals surface area contributed by atoms with E-state index in [-0.39, 0.29) is 6.10 Å². The van der Waals surface area contributed by atoms with Crippen LogP contribution in [0.3, 0.4) is 0 Å². The number of anilines is 3. The number of hydrogen-bond acceptors (Lipinski definition) is 6. The molecule has 0 aliphatic rings. The number of rotatable bonds is 7. The predicted octanol–water partition coefficient (Wildman–Crippen LogP) is 6.65. The molecule has 0 unspecified atom stereocenters. The van der Waals surface area contributed by atoms with Gasteiger partial charge in [0.2, 0.25) is 5.95 Å². The molecule has 186 valence electrons. The summed E-state index contributed by atoms with van der Waals surface area (Å²) in [5, 5.41) is 0.657. The fraction of sp³-hybridized carbons (Fsp3) is 0.370. The minimum Gasteiger partial charge on any atom is -0.491 e. The van der Waals surface area contributed by atoms with Crippen molar-refractivity contribution < 1.29 is 14.3 Å². The lowest BCUT2D eigenvalue weighted by Gasteiger charge is -2.29. The van der Waals surface area contributed by atoms with Crippen LogP contribution < -0.4 is 14.5 Å². The van der Waals surface area contributed by atoms with E-state index in [0.717, 1.165) is 5.56 Å². The molecule has 1 amide bonds. The van der Waals surface area contributed by atoms with E-state index in [4.69, 9.17) is 26.1 Å². The van der Waals surface area contributed by atoms with Gasteiger partial charge in [-0.05, 0) is 76.6 Å². The van der Waals surface area contributed by atoms with Gasteiger partial charge in [-0.2, -0.15) is 0 Å². The van der Waals surface area contributed by atoms with Gasteiger partial charge in [-0.1, -0.05) is 23.7 Å². The molecule has 2 aromatic carbocycles. The van der Waals surface area contributed by atoms with Crippen LogP contribution in [0.25, 0.3) is 0 Å². The van der Waals surface area contributed by atoms with Crippen molar-refractivity contribution in [2.45, 2.75) is 52.7 Å². The first-order chi connectivity index (χ1) is 16.4. The second-order valence-electron chi connectivity index (χ2n) is 9.68. The zero-order chi connectivity index (χ0) is 25.8. The van der Waals surface area contributed by atoms with Crippen molar-refractivity contribution in [2.24, 2.45) is 0 Å². The number of halogens is 1. The van der Waals surface area contributed by atoms with E-state index >= 15 is 0 Å². The molecule has 35 heavy (non-hydrogen) atoms. The molecule has 1 heterocycles. The van der Waals surface area contributed by atoms with Crippen molar-refractivity contribution in [1.29, 1.82) is 0 Å². The smallest absolute Gasteiger partial charge is 0.419 e. The molecule has 7 nitrogen and oxygen atoms in total. The highest BCUT2D eigenvalue weighted by molar-refractivity contribution is 6.30. The van der Waals surface area contributed by atoms with Gasteiger partial charge in [0.15, 0.2) is 0 Å². The Bertz CT molecular complexity index is 1140. The summed E-state index contributed by atoms with van der Waals surface area (Å²) in [5.74, 6) is 1.26. The van der Waals surface area contributed by atoms with Crippen LogP contribution in [0.4, 0.5) is 22.1 Å². The van der Waals surface area contributed by atoms with Crippen LogP contribution in [0.1, 0.15) is 45.9 Å². The van der Waals surface area contributed by atoms with Crippen LogP contribution in [-0.2, 0) is 11.2 Å². The zero-order valence-electron chi connectivity index (χ0n) is 21.4. The zero-order valence-corrected chi connectivity index (χ0v) is 22.1. The number of benzene rings is 2. The third kappa shape index (κ3) is 7.33. The van der Waals surface area contributed by atoms with Crippen molar-refractivity contribution in [3.8, 4) is 5.75 Å². The lowest BCUT2D eigenvalue weighted by Crippen LogP contribution is -2.34. The Labute approximate surface area is 212 Å². The highest BCUT2D eigenvalue weighted by Gasteiger charge is 2.28. The van der Waals surface area contributed by atoms with Gasteiger partial charge in [0.1, 0.15) is 11.4 Å². The second-order valence-corrected chi connectivity index (χ2v) is 10.1. The number of ether oxygens (including phenoxy) is 2. The van der Waals surface area contributed by atoms with Gasteiger partial charge in [0.05, 0.1) is 29.4 Å². The summed E-state index contributed by atoms with van der Waals surface area (Å²) >= 11 is 6.08. The van der Waals surface area contributed by atoms with Gasteiger partial charge in [-0.25, -0.2) is 19.7 Å². The van der Waals surface area contributed by atoms with Crippen molar-refractivity contribution in [2.75, 3.05) is 23.9 Å². The summed E-state index contributed by atoms with van der Waals surface area (Å²) in [6.07, 6.45) is 1.66. The van der Waals surface area contributed by atoms with Crippen LogP contribution in [0, 0.1) is 0 Å². The summed E-state index contributed by atoms with van der Waals surface area (Å²) in [7, 11) is 3.75. The minimum atomic E-state index is -0.684. The van der Waals surface area contributed by atoms with Crippen molar-refractivity contribution in [3.63, 3.8) is 0 Å². The van der Waals surface area contributed by atoms with Crippen molar-refractivity contribution in [3.05, 3.63) is 71.0 Å². The Morgan fingerprint density at radius 2 is 1.66 bits per heavy atom. The van der Waals surface area contributed by atoms with E-state index in [1.165, 1.54) is 4.90 Å². The predicted molar refractivity (Wildman–Crippen MR) is 141 cm³/mol. The van der Waals surface area contributed by atoms with Crippen LogP contribution >= 0.6 is 11.6 Å².